The van der Waals surface area contributed by atoms with Gasteiger partial charge in [-0.3, -0.25) is 0 Å². The van der Waals surface area contributed by atoms with Gasteiger partial charge in [0.05, 0.1) is 12.2 Å². The molecule has 3 nitrogen and oxygen atoms in total. The minimum Gasteiger partial charge on any atom is -0.324 e. The van der Waals surface area contributed by atoms with Crippen LogP contribution in [-0.4, -0.2) is 9.97 Å². The molecule has 2 N–H and O–H groups in total. The van der Waals surface area contributed by atoms with Gasteiger partial charge in [-0.15, -0.1) is 0 Å². The topological polar surface area (TPSA) is 51.8 Å². The van der Waals surface area contributed by atoms with Gasteiger partial charge in [0.25, 0.3) is 0 Å². The largest absolute Gasteiger partial charge is 0.324 e. The Hall–Kier alpha value is -0.960. The Labute approximate surface area is 115 Å². The second kappa shape index (κ2) is 4.02. The first-order chi connectivity index (χ1) is 9.18. The summed E-state index contributed by atoms with van der Waals surface area (Å²) in [6, 6.07) is 0. The van der Waals surface area contributed by atoms with Gasteiger partial charge in [-0.05, 0) is 68.8 Å². The standard InChI is InChI=1S/C16H23N3/c1-10-9-18-14(8-17)19-15(10)16-5-11-2-12(6-16)4-13(3-11)7-16/h9,11-13H,2-8,17H2,1H3. The summed E-state index contributed by atoms with van der Waals surface area (Å²) in [7, 11) is 0. The molecule has 102 valence electrons. The molecule has 4 bridgehead atoms. The summed E-state index contributed by atoms with van der Waals surface area (Å²) in [5, 5.41) is 0. The van der Waals surface area contributed by atoms with E-state index in [1.54, 1.807) is 0 Å². The Morgan fingerprint density at radius 1 is 1.16 bits per heavy atom. The second-order valence-corrected chi connectivity index (χ2v) is 7.22. The Bertz CT molecular complexity index is 473. The Morgan fingerprint density at radius 3 is 2.26 bits per heavy atom. The smallest absolute Gasteiger partial charge is 0.142 e. The molecule has 0 spiro atoms. The third-order valence-electron chi connectivity index (χ3n) is 5.74. The lowest BCUT2D eigenvalue weighted by Gasteiger charge is -2.56. The molecule has 3 heteroatoms. The van der Waals surface area contributed by atoms with Crippen molar-refractivity contribution in [3.05, 3.63) is 23.3 Å². The number of hydrogen-bond acceptors (Lipinski definition) is 3. The van der Waals surface area contributed by atoms with Crippen LogP contribution in [0.5, 0.6) is 0 Å². The summed E-state index contributed by atoms with van der Waals surface area (Å²) >= 11 is 0. The van der Waals surface area contributed by atoms with E-state index >= 15 is 0 Å². The molecule has 4 aliphatic rings. The van der Waals surface area contributed by atoms with Gasteiger partial charge in [0.15, 0.2) is 0 Å². The van der Waals surface area contributed by atoms with Crippen LogP contribution in [-0.2, 0) is 12.0 Å². The predicted octanol–water partition coefficient (Wildman–Crippen LogP) is 2.71. The van der Waals surface area contributed by atoms with E-state index in [9.17, 15) is 0 Å². The van der Waals surface area contributed by atoms with Crippen molar-refractivity contribution in [1.29, 1.82) is 0 Å². The maximum absolute atomic E-state index is 5.74. The molecule has 0 saturated heterocycles. The molecule has 19 heavy (non-hydrogen) atoms. The monoisotopic (exact) mass is 257 g/mol. The van der Waals surface area contributed by atoms with Crippen molar-refractivity contribution in [2.24, 2.45) is 23.5 Å². The number of aryl methyl sites for hydroxylation is 1. The molecular formula is C16H23N3. The fourth-order valence-electron chi connectivity index (χ4n) is 5.51. The second-order valence-electron chi connectivity index (χ2n) is 7.22. The van der Waals surface area contributed by atoms with Crippen LogP contribution in [0.25, 0.3) is 0 Å². The van der Waals surface area contributed by atoms with E-state index in [0.717, 1.165) is 23.6 Å². The Balaban J connectivity index is 1.79. The van der Waals surface area contributed by atoms with Crippen molar-refractivity contribution in [3.8, 4) is 0 Å². The van der Waals surface area contributed by atoms with Gasteiger partial charge in [0.2, 0.25) is 0 Å². The number of nitrogens with zero attached hydrogens (tertiary/aromatic N) is 2. The van der Waals surface area contributed by atoms with Crippen LogP contribution >= 0.6 is 0 Å². The summed E-state index contributed by atoms with van der Waals surface area (Å²) in [4.78, 5) is 9.19. The van der Waals surface area contributed by atoms with Crippen LogP contribution in [0.1, 0.15) is 55.6 Å². The Kier molecular flexibility index (Phi) is 2.50. The van der Waals surface area contributed by atoms with Gasteiger partial charge >= 0.3 is 0 Å². The summed E-state index contributed by atoms with van der Waals surface area (Å²) < 4.78 is 0. The molecule has 0 atom stereocenters. The van der Waals surface area contributed by atoms with Crippen LogP contribution in [0.15, 0.2) is 6.20 Å². The SMILES string of the molecule is Cc1cnc(CN)nc1C12CC3CC(CC(C3)C1)C2. The van der Waals surface area contributed by atoms with E-state index in [-0.39, 0.29) is 0 Å². The molecule has 0 aromatic carbocycles. The van der Waals surface area contributed by atoms with Gasteiger partial charge in [0, 0.05) is 11.6 Å². The van der Waals surface area contributed by atoms with E-state index < -0.39 is 0 Å². The van der Waals surface area contributed by atoms with E-state index in [0.29, 0.717) is 12.0 Å². The highest BCUT2D eigenvalue weighted by atomic mass is 14.9. The van der Waals surface area contributed by atoms with E-state index in [1.165, 1.54) is 49.8 Å². The van der Waals surface area contributed by atoms with Crippen LogP contribution < -0.4 is 5.73 Å². The summed E-state index contributed by atoms with van der Waals surface area (Å²) in [6.07, 6.45) is 10.5. The van der Waals surface area contributed by atoms with Crippen molar-refractivity contribution >= 4 is 0 Å². The van der Waals surface area contributed by atoms with E-state index in [1.807, 2.05) is 6.20 Å². The van der Waals surface area contributed by atoms with Gasteiger partial charge in [-0.1, -0.05) is 0 Å². The van der Waals surface area contributed by atoms with Crippen LogP contribution in [0.2, 0.25) is 0 Å². The van der Waals surface area contributed by atoms with Crippen LogP contribution in [0.3, 0.4) is 0 Å². The molecule has 4 aliphatic carbocycles. The quantitative estimate of drug-likeness (QED) is 0.886. The average Bonchev–Trinajstić information content (AvgIpc) is 2.37. The highest BCUT2D eigenvalue weighted by Crippen LogP contribution is 2.60. The lowest BCUT2D eigenvalue weighted by Crippen LogP contribution is -2.49. The summed E-state index contributed by atoms with van der Waals surface area (Å²) in [5.74, 6) is 3.70. The summed E-state index contributed by atoms with van der Waals surface area (Å²) in [5.41, 5.74) is 8.71. The molecule has 0 aliphatic heterocycles. The molecule has 4 saturated carbocycles. The summed E-state index contributed by atoms with van der Waals surface area (Å²) in [6.45, 7) is 2.63. The molecule has 0 unspecified atom stereocenters. The highest BCUT2D eigenvalue weighted by Gasteiger charge is 2.52. The van der Waals surface area contributed by atoms with Crippen molar-refractivity contribution in [1.82, 2.24) is 9.97 Å². The molecule has 1 aromatic rings. The minimum atomic E-state index is 0.367. The molecular weight excluding hydrogens is 234 g/mol. The number of hydrogen-bond donors (Lipinski definition) is 1. The first-order valence-corrected chi connectivity index (χ1v) is 7.71. The van der Waals surface area contributed by atoms with Gasteiger partial charge < -0.3 is 5.73 Å². The fourth-order valence-corrected chi connectivity index (χ4v) is 5.51. The highest BCUT2D eigenvalue weighted by molar-refractivity contribution is 5.29. The molecule has 1 aromatic heterocycles. The van der Waals surface area contributed by atoms with E-state index in [2.05, 4.69) is 11.9 Å². The van der Waals surface area contributed by atoms with Crippen molar-refractivity contribution in [2.45, 2.75) is 57.4 Å². The normalized spacial score (nSPS) is 39.8. The third kappa shape index (κ3) is 1.74. The fraction of sp³-hybridized carbons (Fsp3) is 0.750. The third-order valence-corrected chi connectivity index (χ3v) is 5.74. The zero-order valence-electron chi connectivity index (χ0n) is 11.7. The van der Waals surface area contributed by atoms with Crippen molar-refractivity contribution < 1.29 is 0 Å². The minimum absolute atomic E-state index is 0.367. The number of nitrogens with two attached hydrogens (primary N) is 1. The van der Waals surface area contributed by atoms with Crippen LogP contribution in [0, 0.1) is 24.7 Å². The zero-order chi connectivity index (χ0) is 13.0. The lowest BCUT2D eigenvalue weighted by molar-refractivity contribution is -0.00766. The molecule has 5 rings (SSSR count). The first kappa shape index (κ1) is 11.8. The Morgan fingerprint density at radius 2 is 1.74 bits per heavy atom. The average molecular weight is 257 g/mol. The van der Waals surface area contributed by atoms with Gasteiger partial charge in [-0.2, -0.15) is 0 Å². The van der Waals surface area contributed by atoms with Crippen molar-refractivity contribution in [2.75, 3.05) is 0 Å². The van der Waals surface area contributed by atoms with Crippen LogP contribution in [0.4, 0.5) is 0 Å². The molecule has 0 amide bonds. The number of rotatable bonds is 2. The van der Waals surface area contributed by atoms with Gasteiger partial charge in [0.1, 0.15) is 5.82 Å². The maximum Gasteiger partial charge on any atom is 0.142 e. The zero-order valence-corrected chi connectivity index (χ0v) is 11.7. The molecule has 4 fully saturated rings. The molecule has 1 heterocycles. The van der Waals surface area contributed by atoms with Crippen molar-refractivity contribution in [3.63, 3.8) is 0 Å². The van der Waals surface area contributed by atoms with Gasteiger partial charge in [-0.25, -0.2) is 9.97 Å². The maximum atomic E-state index is 5.74. The lowest BCUT2D eigenvalue weighted by atomic mass is 9.48. The first-order valence-electron chi connectivity index (χ1n) is 7.71. The number of aromatic nitrogens is 2. The predicted molar refractivity (Wildman–Crippen MR) is 74.5 cm³/mol. The molecule has 0 radical (unpaired) electrons. The van der Waals surface area contributed by atoms with E-state index in [4.69, 9.17) is 10.7 Å².